The van der Waals surface area contributed by atoms with Gasteiger partial charge in [0.15, 0.2) is 0 Å². The smallest absolute Gasteiger partial charge is 0.335 e. The largest absolute Gasteiger partial charge is 0.755 e. The Morgan fingerprint density at radius 3 is 2.61 bits per heavy atom. The number of anilines is 2. The Balaban J connectivity index is 1.59. The maximum atomic E-state index is 12.1. The van der Waals surface area contributed by atoms with Crippen molar-refractivity contribution >= 4 is 39.3 Å². The van der Waals surface area contributed by atoms with Gasteiger partial charge in [-0.3, -0.25) is 8.51 Å². The molecule has 1 atom stereocenters. The standard InChI is InChI=1S/C24H22N2O5S2/c1-31-21-14-19(24(27)28)12-13-20(21)26(33(29)30)22-15-25-23(32-22)18-10-8-17(9-11-18)7-6-16-4-2-3-5-16/h8-16H,2-5H2,1H3,(H,27,28)(H,29,30)/p-1. The quantitative estimate of drug-likeness (QED) is 0.393. The molecule has 0 bridgehead atoms. The normalized spacial score (nSPS) is 14.4. The van der Waals surface area contributed by atoms with Crippen LogP contribution in [-0.4, -0.2) is 31.9 Å². The molecule has 0 radical (unpaired) electrons. The van der Waals surface area contributed by atoms with E-state index in [4.69, 9.17) is 4.74 Å². The van der Waals surface area contributed by atoms with Gasteiger partial charge in [-0.2, -0.15) is 0 Å². The molecular weight excluding hydrogens is 460 g/mol. The van der Waals surface area contributed by atoms with Crippen LogP contribution >= 0.6 is 11.3 Å². The van der Waals surface area contributed by atoms with Crippen LogP contribution in [0.15, 0.2) is 48.7 Å². The third-order valence-electron chi connectivity index (χ3n) is 5.40. The molecule has 1 aromatic heterocycles. The molecule has 4 rings (SSSR count). The second-order valence-corrected chi connectivity index (χ2v) is 9.34. The van der Waals surface area contributed by atoms with E-state index < -0.39 is 17.2 Å². The lowest BCUT2D eigenvalue weighted by Gasteiger charge is -2.26. The van der Waals surface area contributed by atoms with Gasteiger partial charge in [0.1, 0.15) is 15.8 Å². The van der Waals surface area contributed by atoms with Crippen LogP contribution in [0.1, 0.15) is 41.6 Å². The Hall–Kier alpha value is -3.19. The van der Waals surface area contributed by atoms with E-state index in [0.29, 0.717) is 15.9 Å². The first kappa shape index (κ1) is 23.0. The second-order valence-electron chi connectivity index (χ2n) is 7.53. The molecule has 1 saturated carbocycles. The molecule has 1 unspecified atom stereocenters. The number of aromatic nitrogens is 1. The fourth-order valence-electron chi connectivity index (χ4n) is 3.70. The fourth-order valence-corrected chi connectivity index (χ4v) is 5.34. The molecule has 0 aliphatic heterocycles. The number of aromatic carboxylic acids is 1. The van der Waals surface area contributed by atoms with Crippen molar-refractivity contribution in [2.75, 3.05) is 11.4 Å². The van der Waals surface area contributed by atoms with Crippen molar-refractivity contribution < 1.29 is 23.4 Å². The first-order valence-corrected chi connectivity index (χ1v) is 12.2. The summed E-state index contributed by atoms with van der Waals surface area (Å²) in [6.07, 6.45) is 6.33. The van der Waals surface area contributed by atoms with Gasteiger partial charge in [0.05, 0.1) is 35.8 Å². The molecular formula is C24H21N2O5S2-. The van der Waals surface area contributed by atoms with E-state index in [1.165, 1.54) is 68.5 Å². The number of carboxylic acids is 1. The molecule has 9 heteroatoms. The van der Waals surface area contributed by atoms with Gasteiger partial charge in [-0.15, -0.1) is 0 Å². The zero-order valence-corrected chi connectivity index (χ0v) is 19.4. The molecule has 1 aliphatic rings. The van der Waals surface area contributed by atoms with E-state index in [1.807, 2.05) is 24.3 Å². The first-order chi connectivity index (χ1) is 16.0. The highest BCUT2D eigenvalue weighted by Gasteiger charge is 2.20. The van der Waals surface area contributed by atoms with Crippen LogP contribution in [0.25, 0.3) is 10.6 Å². The molecule has 33 heavy (non-hydrogen) atoms. The number of carboxylic acid groups (broad SMARTS) is 1. The van der Waals surface area contributed by atoms with Crippen molar-refractivity contribution in [1.82, 2.24) is 4.98 Å². The number of ether oxygens (including phenoxy) is 1. The summed E-state index contributed by atoms with van der Waals surface area (Å²) in [5, 5.41) is 10.2. The van der Waals surface area contributed by atoms with E-state index in [2.05, 4.69) is 16.8 Å². The summed E-state index contributed by atoms with van der Waals surface area (Å²) in [4.78, 5) is 15.6. The van der Waals surface area contributed by atoms with Crippen molar-refractivity contribution in [1.29, 1.82) is 0 Å². The average molecular weight is 482 g/mol. The maximum absolute atomic E-state index is 12.1. The van der Waals surface area contributed by atoms with E-state index in [9.17, 15) is 18.7 Å². The molecule has 3 aromatic rings. The van der Waals surface area contributed by atoms with Gasteiger partial charge in [0.2, 0.25) is 0 Å². The van der Waals surface area contributed by atoms with Crippen molar-refractivity contribution in [2.24, 2.45) is 5.92 Å². The number of benzene rings is 2. The summed E-state index contributed by atoms with van der Waals surface area (Å²) in [5.41, 5.74) is 1.98. The Bertz CT molecular complexity index is 1240. The van der Waals surface area contributed by atoms with Crippen LogP contribution in [0.3, 0.4) is 0 Å². The zero-order valence-electron chi connectivity index (χ0n) is 17.8. The van der Waals surface area contributed by atoms with E-state index in [-0.39, 0.29) is 17.0 Å². The molecule has 0 spiro atoms. The van der Waals surface area contributed by atoms with Crippen molar-refractivity contribution in [2.45, 2.75) is 25.7 Å². The Morgan fingerprint density at radius 1 is 1.24 bits per heavy atom. The Morgan fingerprint density at radius 2 is 1.97 bits per heavy atom. The highest BCUT2D eigenvalue weighted by atomic mass is 32.2. The van der Waals surface area contributed by atoms with Crippen LogP contribution in [0.4, 0.5) is 10.7 Å². The monoisotopic (exact) mass is 481 g/mol. The van der Waals surface area contributed by atoms with Gasteiger partial charge in [-0.05, 0) is 43.2 Å². The SMILES string of the molecule is COc1cc(C(=O)O)ccc1N(c1cnc(-c2ccc(C#CC3CCCC3)cc2)s1)S(=O)[O-]. The van der Waals surface area contributed by atoms with Gasteiger partial charge >= 0.3 is 5.97 Å². The maximum Gasteiger partial charge on any atom is 0.335 e. The summed E-state index contributed by atoms with van der Waals surface area (Å²) >= 11 is -1.48. The number of carbonyl (C=O) groups is 1. The molecule has 1 aliphatic carbocycles. The number of rotatable bonds is 6. The minimum absolute atomic E-state index is 0.00616. The summed E-state index contributed by atoms with van der Waals surface area (Å²) in [6, 6.07) is 11.7. The molecule has 1 N–H and O–H groups in total. The molecule has 0 amide bonds. The third-order valence-corrected chi connectivity index (χ3v) is 7.23. The van der Waals surface area contributed by atoms with Crippen LogP contribution < -0.4 is 9.04 Å². The van der Waals surface area contributed by atoms with Gasteiger partial charge < -0.3 is 14.4 Å². The molecule has 170 valence electrons. The van der Waals surface area contributed by atoms with Gasteiger partial charge in [-0.1, -0.05) is 48.2 Å². The predicted molar refractivity (Wildman–Crippen MR) is 127 cm³/mol. The second kappa shape index (κ2) is 10.2. The summed E-state index contributed by atoms with van der Waals surface area (Å²) < 4.78 is 30.4. The van der Waals surface area contributed by atoms with Crippen LogP contribution in [0.2, 0.25) is 0 Å². The van der Waals surface area contributed by atoms with Crippen molar-refractivity contribution in [3.8, 4) is 28.2 Å². The number of hydrogen-bond acceptors (Lipinski definition) is 6. The minimum atomic E-state index is -2.68. The van der Waals surface area contributed by atoms with Gasteiger partial charge in [0, 0.05) is 17.0 Å². The van der Waals surface area contributed by atoms with Crippen molar-refractivity contribution in [3.63, 3.8) is 0 Å². The van der Waals surface area contributed by atoms with Gasteiger partial charge in [-0.25, -0.2) is 9.78 Å². The molecule has 0 saturated heterocycles. The van der Waals surface area contributed by atoms with Crippen LogP contribution in [0.5, 0.6) is 5.75 Å². The van der Waals surface area contributed by atoms with Crippen molar-refractivity contribution in [3.05, 3.63) is 59.8 Å². The highest BCUT2D eigenvalue weighted by molar-refractivity contribution is 7.81. The van der Waals surface area contributed by atoms with Gasteiger partial charge in [0.25, 0.3) is 0 Å². The lowest BCUT2D eigenvalue weighted by atomic mass is 10.1. The Kier molecular flexibility index (Phi) is 7.08. The molecule has 1 heterocycles. The zero-order chi connectivity index (χ0) is 23.4. The number of nitrogens with zero attached hydrogens (tertiary/aromatic N) is 2. The Labute approximate surface area is 198 Å². The lowest BCUT2D eigenvalue weighted by Crippen LogP contribution is -2.19. The number of hydrogen-bond donors (Lipinski definition) is 1. The minimum Gasteiger partial charge on any atom is -0.755 e. The number of thiazole rings is 1. The molecule has 1 fully saturated rings. The van der Waals surface area contributed by atoms with E-state index in [0.717, 1.165) is 15.4 Å². The third kappa shape index (κ3) is 5.25. The summed E-state index contributed by atoms with van der Waals surface area (Å²) in [7, 11) is 1.35. The van der Waals surface area contributed by atoms with Crippen LogP contribution in [-0.2, 0) is 11.3 Å². The number of methoxy groups -OCH3 is 1. The molecule has 7 nitrogen and oxygen atoms in total. The average Bonchev–Trinajstić information content (AvgIpc) is 3.51. The fraction of sp³-hybridized carbons (Fsp3) is 0.250. The van der Waals surface area contributed by atoms with E-state index in [1.54, 1.807) is 0 Å². The molecule has 2 aromatic carbocycles. The summed E-state index contributed by atoms with van der Waals surface area (Å²) in [6.45, 7) is 0. The van der Waals surface area contributed by atoms with E-state index >= 15 is 0 Å². The van der Waals surface area contributed by atoms with Crippen LogP contribution in [0, 0.1) is 17.8 Å². The highest BCUT2D eigenvalue weighted by Crippen LogP contribution is 2.40. The lowest BCUT2D eigenvalue weighted by molar-refractivity contribution is 0.0696. The topological polar surface area (TPSA) is 103 Å². The summed E-state index contributed by atoms with van der Waals surface area (Å²) in [5.74, 6) is 6.06. The predicted octanol–water partition coefficient (Wildman–Crippen LogP) is 4.99. The first-order valence-electron chi connectivity index (χ1n) is 10.3.